The van der Waals surface area contributed by atoms with Crippen LogP contribution in [0, 0.1) is 0 Å². The van der Waals surface area contributed by atoms with E-state index >= 15 is 0 Å². The maximum Gasteiger partial charge on any atom is 0.240 e. The van der Waals surface area contributed by atoms with Gasteiger partial charge >= 0.3 is 0 Å². The molecule has 1 saturated heterocycles. The third-order valence-corrected chi connectivity index (χ3v) is 6.22. The van der Waals surface area contributed by atoms with E-state index in [1.165, 1.54) is 37.8 Å². The molecule has 0 unspecified atom stereocenters. The van der Waals surface area contributed by atoms with Crippen LogP contribution < -0.4 is 10.0 Å². The predicted molar refractivity (Wildman–Crippen MR) is 102 cm³/mol. The molecule has 0 bridgehead atoms. The van der Waals surface area contributed by atoms with Crippen molar-refractivity contribution in [2.75, 3.05) is 32.7 Å². The van der Waals surface area contributed by atoms with E-state index < -0.39 is 10.0 Å². The van der Waals surface area contributed by atoms with Crippen molar-refractivity contribution < 1.29 is 13.2 Å². The van der Waals surface area contributed by atoms with E-state index in [2.05, 4.69) is 30.9 Å². The molecule has 2 rings (SSSR count). The molecule has 0 aromatic heterocycles. The first-order valence-electron chi connectivity index (χ1n) is 8.72. The molecule has 1 aliphatic heterocycles. The Labute approximate surface area is 158 Å². The second-order valence-electron chi connectivity index (χ2n) is 6.21. The second kappa shape index (κ2) is 10.3. The third kappa shape index (κ3) is 7.43. The van der Waals surface area contributed by atoms with Crippen molar-refractivity contribution in [1.29, 1.82) is 0 Å². The number of hydrogen-bond acceptors (Lipinski definition) is 4. The van der Waals surface area contributed by atoms with E-state index in [1.807, 2.05) is 0 Å². The summed E-state index contributed by atoms with van der Waals surface area (Å²) in [5.74, 6) is -0.131. The minimum Gasteiger partial charge on any atom is -0.355 e. The normalized spacial score (nSPS) is 16.4. The van der Waals surface area contributed by atoms with Gasteiger partial charge < -0.3 is 10.2 Å². The van der Waals surface area contributed by atoms with Crippen LogP contribution in [0.25, 0.3) is 0 Å². The Morgan fingerprint density at radius 1 is 1.04 bits per heavy atom. The molecule has 25 heavy (non-hydrogen) atoms. The van der Waals surface area contributed by atoms with Crippen LogP contribution in [-0.4, -0.2) is 51.9 Å². The number of hydrogen-bond donors (Lipinski definition) is 2. The molecule has 1 aromatic rings. The number of benzene rings is 1. The summed E-state index contributed by atoms with van der Waals surface area (Å²) in [6.07, 6.45) is 5.18. The Hall–Kier alpha value is -0.960. The first kappa shape index (κ1) is 20.4. The maximum absolute atomic E-state index is 12.1. The molecule has 0 saturated carbocycles. The Balaban J connectivity index is 1.65. The smallest absolute Gasteiger partial charge is 0.240 e. The van der Waals surface area contributed by atoms with E-state index in [-0.39, 0.29) is 23.8 Å². The van der Waals surface area contributed by atoms with Gasteiger partial charge in [-0.2, -0.15) is 0 Å². The summed E-state index contributed by atoms with van der Waals surface area (Å²) < 4.78 is 27.5. The van der Waals surface area contributed by atoms with E-state index in [0.717, 1.165) is 24.1 Å². The molecule has 2 N–H and O–H groups in total. The second-order valence-corrected chi connectivity index (χ2v) is 8.89. The summed E-state index contributed by atoms with van der Waals surface area (Å²) in [5.41, 5.74) is 0. The number of likely N-dealkylation sites (tertiary alicyclic amines) is 1. The third-order valence-electron chi connectivity index (χ3n) is 4.22. The Morgan fingerprint density at radius 2 is 1.68 bits per heavy atom. The van der Waals surface area contributed by atoms with Crippen molar-refractivity contribution in [2.45, 2.75) is 37.0 Å². The molecule has 0 aliphatic carbocycles. The molecule has 1 aromatic carbocycles. The molecule has 0 spiro atoms. The predicted octanol–water partition coefficient (Wildman–Crippen LogP) is 2.11. The van der Waals surface area contributed by atoms with Crippen LogP contribution in [0.15, 0.2) is 33.6 Å². The van der Waals surface area contributed by atoms with Gasteiger partial charge in [0.15, 0.2) is 0 Å². The number of sulfonamides is 1. The molecular formula is C17H26BrN3O3S. The fourth-order valence-electron chi connectivity index (χ4n) is 2.80. The molecule has 140 valence electrons. The van der Waals surface area contributed by atoms with Crippen molar-refractivity contribution in [2.24, 2.45) is 0 Å². The van der Waals surface area contributed by atoms with Crippen LogP contribution in [0.1, 0.15) is 32.1 Å². The van der Waals surface area contributed by atoms with Gasteiger partial charge in [-0.15, -0.1) is 0 Å². The van der Waals surface area contributed by atoms with Gasteiger partial charge in [-0.05, 0) is 50.2 Å². The van der Waals surface area contributed by atoms with Crippen molar-refractivity contribution in [1.82, 2.24) is 14.9 Å². The molecule has 1 amide bonds. The summed E-state index contributed by atoms with van der Waals surface area (Å²) in [7, 11) is -3.57. The van der Waals surface area contributed by atoms with E-state index in [4.69, 9.17) is 0 Å². The first-order valence-corrected chi connectivity index (χ1v) is 11.0. The van der Waals surface area contributed by atoms with Gasteiger partial charge in [0.1, 0.15) is 0 Å². The largest absolute Gasteiger partial charge is 0.355 e. The highest BCUT2D eigenvalue weighted by molar-refractivity contribution is 9.10. The number of carbonyl (C=O) groups is 1. The average Bonchev–Trinajstić information content (AvgIpc) is 2.84. The number of nitrogens with zero attached hydrogens (tertiary/aromatic N) is 1. The number of rotatable bonds is 8. The zero-order chi connectivity index (χ0) is 18.1. The molecule has 6 nitrogen and oxygen atoms in total. The van der Waals surface area contributed by atoms with Crippen molar-refractivity contribution in [3.05, 3.63) is 28.7 Å². The summed E-state index contributed by atoms with van der Waals surface area (Å²) in [4.78, 5) is 14.4. The summed E-state index contributed by atoms with van der Waals surface area (Å²) in [5, 5.41) is 2.86. The molecular weight excluding hydrogens is 406 g/mol. The fraction of sp³-hybridized carbons (Fsp3) is 0.588. The van der Waals surface area contributed by atoms with E-state index in [1.54, 1.807) is 12.1 Å². The van der Waals surface area contributed by atoms with E-state index in [9.17, 15) is 13.2 Å². The average molecular weight is 432 g/mol. The standard InChI is InChI=1S/C17H26BrN3O3S/c18-15-5-7-16(8-6-15)25(23,24)20-10-9-17(22)19-11-14-21-12-3-1-2-4-13-21/h5-8,20H,1-4,9-14H2,(H,19,22). The minimum atomic E-state index is -3.57. The SMILES string of the molecule is O=C(CCNS(=O)(=O)c1ccc(Br)cc1)NCCN1CCCCCC1. The number of amides is 1. The molecule has 0 radical (unpaired) electrons. The van der Waals surface area contributed by atoms with Crippen LogP contribution in [0.3, 0.4) is 0 Å². The fourth-order valence-corrected chi connectivity index (χ4v) is 4.09. The number of nitrogens with one attached hydrogen (secondary N) is 2. The minimum absolute atomic E-state index is 0.0912. The number of halogens is 1. The van der Waals surface area contributed by atoms with Gasteiger partial charge in [-0.3, -0.25) is 4.79 Å². The lowest BCUT2D eigenvalue weighted by atomic mass is 10.2. The van der Waals surface area contributed by atoms with Crippen LogP contribution in [0.4, 0.5) is 0 Å². The quantitative estimate of drug-likeness (QED) is 0.660. The topological polar surface area (TPSA) is 78.5 Å². The van der Waals surface area contributed by atoms with Crippen molar-refractivity contribution >= 4 is 31.9 Å². The van der Waals surface area contributed by atoms with Gasteiger partial charge in [0.2, 0.25) is 15.9 Å². The van der Waals surface area contributed by atoms with Crippen LogP contribution in [0.2, 0.25) is 0 Å². The first-order chi connectivity index (χ1) is 12.0. The monoisotopic (exact) mass is 431 g/mol. The highest BCUT2D eigenvalue weighted by Crippen LogP contribution is 2.14. The lowest BCUT2D eigenvalue weighted by molar-refractivity contribution is -0.120. The van der Waals surface area contributed by atoms with Crippen LogP contribution in [0.5, 0.6) is 0 Å². The maximum atomic E-state index is 12.1. The van der Waals surface area contributed by atoms with Crippen molar-refractivity contribution in [3.8, 4) is 0 Å². The summed E-state index contributed by atoms with van der Waals surface area (Å²) in [6.45, 7) is 3.76. The van der Waals surface area contributed by atoms with Crippen LogP contribution in [-0.2, 0) is 14.8 Å². The van der Waals surface area contributed by atoms with Gasteiger partial charge in [-0.25, -0.2) is 13.1 Å². The lowest BCUT2D eigenvalue weighted by Crippen LogP contribution is -2.36. The molecule has 0 atom stereocenters. The van der Waals surface area contributed by atoms with Gasteiger partial charge in [0.05, 0.1) is 4.90 Å². The van der Waals surface area contributed by atoms with Crippen LogP contribution >= 0.6 is 15.9 Å². The molecule has 1 fully saturated rings. The Kier molecular flexibility index (Phi) is 8.35. The zero-order valence-corrected chi connectivity index (χ0v) is 16.7. The summed E-state index contributed by atoms with van der Waals surface area (Å²) >= 11 is 3.27. The molecule has 1 aliphatic rings. The highest BCUT2D eigenvalue weighted by atomic mass is 79.9. The number of carbonyl (C=O) groups excluding carboxylic acids is 1. The van der Waals surface area contributed by atoms with Gasteiger partial charge in [0, 0.05) is 30.5 Å². The van der Waals surface area contributed by atoms with Gasteiger partial charge in [0.25, 0.3) is 0 Å². The molecule has 8 heteroatoms. The molecule has 1 heterocycles. The Bertz CT molecular complexity index is 642. The highest BCUT2D eigenvalue weighted by Gasteiger charge is 2.14. The van der Waals surface area contributed by atoms with Gasteiger partial charge in [-0.1, -0.05) is 28.8 Å². The Morgan fingerprint density at radius 3 is 2.32 bits per heavy atom. The zero-order valence-electron chi connectivity index (χ0n) is 14.3. The van der Waals surface area contributed by atoms with E-state index in [0.29, 0.717) is 6.54 Å². The summed E-state index contributed by atoms with van der Waals surface area (Å²) in [6, 6.07) is 6.38. The lowest BCUT2D eigenvalue weighted by Gasteiger charge is -2.19. The van der Waals surface area contributed by atoms with Crippen molar-refractivity contribution in [3.63, 3.8) is 0 Å².